The Kier molecular flexibility index (Phi) is 2.67. The van der Waals surface area contributed by atoms with Crippen LogP contribution in [0.2, 0.25) is 0 Å². The van der Waals surface area contributed by atoms with Crippen LogP contribution in [0.3, 0.4) is 0 Å². The first-order valence-corrected chi connectivity index (χ1v) is 4.33. The van der Waals surface area contributed by atoms with Gasteiger partial charge in [0.15, 0.2) is 0 Å². The van der Waals surface area contributed by atoms with E-state index in [0.717, 1.165) is 0 Å². The number of alkyl halides is 2. The summed E-state index contributed by atoms with van der Waals surface area (Å²) in [6.45, 7) is 2.60. The summed E-state index contributed by atoms with van der Waals surface area (Å²) in [5, 5.41) is 2.56. The molecule has 1 heterocycles. The second-order valence-corrected chi connectivity index (χ2v) is 3.97. The molecule has 4 nitrogen and oxygen atoms in total. The summed E-state index contributed by atoms with van der Waals surface area (Å²) < 4.78 is 31.2. The van der Waals surface area contributed by atoms with Gasteiger partial charge in [0.1, 0.15) is 5.60 Å². The minimum Gasteiger partial charge on any atom is -0.443 e. The number of ether oxygens (including phenoxy) is 1. The van der Waals surface area contributed by atoms with E-state index in [0.29, 0.717) is 0 Å². The molecule has 82 valence electrons. The van der Waals surface area contributed by atoms with Crippen molar-refractivity contribution in [3.63, 3.8) is 0 Å². The Morgan fingerprint density at radius 2 is 2.21 bits per heavy atom. The van der Waals surface area contributed by atoms with E-state index in [2.05, 4.69) is 10.1 Å². The van der Waals surface area contributed by atoms with E-state index >= 15 is 0 Å². The standard InChI is InChI=1S/C8H14F2N2O2/c1-7(2,14-6(11)13)5-3-12-4-8(5,9)10/h5,12H,3-4H2,1-2H3,(H2,11,13). The lowest BCUT2D eigenvalue weighted by molar-refractivity contribution is -0.107. The fourth-order valence-electron chi connectivity index (χ4n) is 1.74. The molecule has 14 heavy (non-hydrogen) atoms. The zero-order valence-electron chi connectivity index (χ0n) is 8.14. The maximum Gasteiger partial charge on any atom is 0.405 e. The molecule has 6 heteroatoms. The van der Waals surface area contributed by atoms with Crippen molar-refractivity contribution in [2.75, 3.05) is 13.1 Å². The molecule has 1 aliphatic heterocycles. The Balaban J connectivity index is 2.76. The number of primary amides is 1. The summed E-state index contributed by atoms with van der Waals surface area (Å²) in [4.78, 5) is 10.5. The first-order chi connectivity index (χ1) is 6.26. The molecular weight excluding hydrogens is 194 g/mol. The van der Waals surface area contributed by atoms with E-state index in [4.69, 9.17) is 5.73 Å². The molecule has 1 atom stereocenters. The highest BCUT2D eigenvalue weighted by atomic mass is 19.3. The summed E-state index contributed by atoms with van der Waals surface area (Å²) in [5.74, 6) is -3.90. The summed E-state index contributed by atoms with van der Waals surface area (Å²) in [7, 11) is 0. The minimum absolute atomic E-state index is 0.118. The second kappa shape index (κ2) is 3.34. The van der Waals surface area contributed by atoms with Crippen LogP contribution in [0.5, 0.6) is 0 Å². The summed E-state index contributed by atoms with van der Waals surface area (Å²) in [6, 6.07) is 0. The molecule has 0 bridgehead atoms. The van der Waals surface area contributed by atoms with Crippen molar-refractivity contribution >= 4 is 6.09 Å². The number of nitrogens with one attached hydrogen (secondary N) is 1. The first-order valence-electron chi connectivity index (χ1n) is 4.33. The highest BCUT2D eigenvalue weighted by molar-refractivity contribution is 5.65. The Bertz CT molecular complexity index is 243. The van der Waals surface area contributed by atoms with Gasteiger partial charge in [-0.1, -0.05) is 0 Å². The van der Waals surface area contributed by atoms with Gasteiger partial charge in [0.05, 0.1) is 12.5 Å². The minimum atomic E-state index is -2.86. The Hall–Kier alpha value is -0.910. The smallest absolute Gasteiger partial charge is 0.405 e. The van der Waals surface area contributed by atoms with Gasteiger partial charge in [-0.05, 0) is 13.8 Å². The van der Waals surface area contributed by atoms with E-state index in [1.807, 2.05) is 0 Å². The molecule has 0 aromatic heterocycles. The number of hydrogen-bond acceptors (Lipinski definition) is 3. The molecule has 0 aromatic carbocycles. The zero-order valence-corrected chi connectivity index (χ0v) is 8.14. The monoisotopic (exact) mass is 208 g/mol. The van der Waals surface area contributed by atoms with Crippen LogP contribution in [0.4, 0.5) is 13.6 Å². The molecule has 1 amide bonds. The van der Waals surface area contributed by atoms with Crippen molar-refractivity contribution in [3.05, 3.63) is 0 Å². The molecule has 1 unspecified atom stereocenters. The molecule has 3 N–H and O–H groups in total. The summed E-state index contributed by atoms with van der Waals surface area (Å²) in [5.41, 5.74) is 3.56. The van der Waals surface area contributed by atoms with Gasteiger partial charge in [0.25, 0.3) is 5.92 Å². The predicted octanol–water partition coefficient (Wildman–Crippen LogP) is 0.715. The quantitative estimate of drug-likeness (QED) is 0.702. The highest BCUT2D eigenvalue weighted by Crippen LogP contribution is 2.37. The van der Waals surface area contributed by atoms with Crippen molar-refractivity contribution in [2.24, 2.45) is 11.7 Å². The molecule has 0 aromatic rings. The van der Waals surface area contributed by atoms with Gasteiger partial charge in [0.2, 0.25) is 0 Å². The Morgan fingerprint density at radius 1 is 1.64 bits per heavy atom. The maximum absolute atomic E-state index is 13.3. The molecular formula is C8H14F2N2O2. The van der Waals surface area contributed by atoms with Crippen LogP contribution in [-0.4, -0.2) is 30.7 Å². The van der Waals surface area contributed by atoms with Gasteiger partial charge < -0.3 is 15.8 Å². The molecule has 0 spiro atoms. The fourth-order valence-corrected chi connectivity index (χ4v) is 1.74. The van der Waals surface area contributed by atoms with Crippen LogP contribution in [0.1, 0.15) is 13.8 Å². The first kappa shape index (κ1) is 11.2. The Labute approximate surface area is 80.8 Å². The lowest BCUT2D eigenvalue weighted by Gasteiger charge is -2.33. The van der Waals surface area contributed by atoms with Gasteiger partial charge in [-0.2, -0.15) is 0 Å². The average molecular weight is 208 g/mol. The van der Waals surface area contributed by atoms with Gasteiger partial charge in [-0.15, -0.1) is 0 Å². The fraction of sp³-hybridized carbons (Fsp3) is 0.875. The zero-order chi connectivity index (χ0) is 11.0. The summed E-state index contributed by atoms with van der Waals surface area (Å²) >= 11 is 0. The molecule has 1 fully saturated rings. The van der Waals surface area contributed by atoms with E-state index in [-0.39, 0.29) is 13.1 Å². The van der Waals surface area contributed by atoms with Crippen molar-refractivity contribution < 1.29 is 18.3 Å². The third-order valence-corrected chi connectivity index (χ3v) is 2.42. The van der Waals surface area contributed by atoms with Crippen LogP contribution in [0.25, 0.3) is 0 Å². The molecule has 1 rings (SSSR count). The van der Waals surface area contributed by atoms with E-state index in [1.54, 1.807) is 0 Å². The van der Waals surface area contributed by atoms with E-state index in [1.165, 1.54) is 13.8 Å². The van der Waals surface area contributed by atoms with Gasteiger partial charge in [0, 0.05) is 6.54 Å². The van der Waals surface area contributed by atoms with Crippen LogP contribution in [0, 0.1) is 5.92 Å². The lowest BCUT2D eigenvalue weighted by atomic mass is 9.87. The number of carbonyl (C=O) groups excluding carboxylic acids is 1. The van der Waals surface area contributed by atoms with Gasteiger partial charge in [-0.25, -0.2) is 13.6 Å². The third kappa shape index (κ3) is 2.12. The van der Waals surface area contributed by atoms with Gasteiger partial charge in [-0.3, -0.25) is 0 Å². The normalized spacial score (nSPS) is 26.1. The van der Waals surface area contributed by atoms with Crippen molar-refractivity contribution in [3.8, 4) is 0 Å². The van der Waals surface area contributed by atoms with Crippen molar-refractivity contribution in [2.45, 2.75) is 25.4 Å². The number of hydrogen-bond donors (Lipinski definition) is 2. The third-order valence-electron chi connectivity index (χ3n) is 2.42. The second-order valence-electron chi connectivity index (χ2n) is 3.97. The SMILES string of the molecule is CC(C)(OC(N)=O)C1CNCC1(F)F. The van der Waals surface area contributed by atoms with Crippen LogP contribution < -0.4 is 11.1 Å². The van der Waals surface area contributed by atoms with Crippen LogP contribution >= 0.6 is 0 Å². The molecule has 1 saturated heterocycles. The number of rotatable bonds is 2. The lowest BCUT2D eigenvalue weighted by Crippen LogP contribution is -2.46. The van der Waals surface area contributed by atoms with Crippen molar-refractivity contribution in [1.82, 2.24) is 5.32 Å². The molecule has 0 aliphatic carbocycles. The van der Waals surface area contributed by atoms with Crippen molar-refractivity contribution in [1.29, 1.82) is 0 Å². The number of carbonyl (C=O) groups is 1. The molecule has 0 radical (unpaired) electrons. The van der Waals surface area contributed by atoms with Crippen LogP contribution in [-0.2, 0) is 4.74 Å². The van der Waals surface area contributed by atoms with Crippen LogP contribution in [0.15, 0.2) is 0 Å². The average Bonchev–Trinajstić information content (AvgIpc) is 2.26. The maximum atomic E-state index is 13.3. The predicted molar refractivity (Wildman–Crippen MR) is 46.1 cm³/mol. The highest BCUT2D eigenvalue weighted by Gasteiger charge is 2.53. The largest absolute Gasteiger partial charge is 0.443 e. The van der Waals surface area contributed by atoms with E-state index in [9.17, 15) is 13.6 Å². The summed E-state index contributed by atoms with van der Waals surface area (Å²) in [6.07, 6.45) is -1.03. The number of halogens is 2. The molecule has 0 saturated carbocycles. The number of amides is 1. The molecule has 1 aliphatic rings. The van der Waals surface area contributed by atoms with E-state index < -0.39 is 23.5 Å². The number of nitrogens with two attached hydrogens (primary N) is 1. The van der Waals surface area contributed by atoms with Gasteiger partial charge >= 0.3 is 6.09 Å². The topological polar surface area (TPSA) is 64.3 Å². The Morgan fingerprint density at radius 3 is 2.57 bits per heavy atom.